The highest BCUT2D eigenvalue weighted by Gasteiger charge is 2.36. The van der Waals surface area contributed by atoms with Crippen LogP contribution >= 0.6 is 24.0 Å². The van der Waals surface area contributed by atoms with E-state index in [2.05, 4.69) is 43.0 Å². The van der Waals surface area contributed by atoms with Crippen molar-refractivity contribution in [3.05, 3.63) is 17.0 Å². The number of hydrogen-bond donors (Lipinski definition) is 1. The summed E-state index contributed by atoms with van der Waals surface area (Å²) in [5.74, 6) is 0.880. The summed E-state index contributed by atoms with van der Waals surface area (Å²) in [5.41, 5.74) is 3.58. The quantitative estimate of drug-likeness (QED) is 0.287. The first-order valence-electron chi connectivity index (χ1n) is 9.61. The number of methoxy groups -OCH3 is 1. The summed E-state index contributed by atoms with van der Waals surface area (Å²) in [6.07, 6.45) is 1.84. The second-order valence-electron chi connectivity index (χ2n) is 6.88. The molecule has 0 saturated carbocycles. The van der Waals surface area contributed by atoms with E-state index in [1.54, 1.807) is 0 Å². The minimum absolute atomic E-state index is 0. The minimum atomic E-state index is -0.135. The fraction of sp³-hybridized carbons (Fsp3) is 0.737. The van der Waals surface area contributed by atoms with Crippen molar-refractivity contribution in [1.29, 1.82) is 0 Å². The molecule has 2 unspecified atom stereocenters. The Labute approximate surface area is 179 Å². The van der Waals surface area contributed by atoms with E-state index in [1.807, 2.05) is 11.7 Å². The number of halogens is 1. The molecule has 8 heteroatoms. The number of aromatic nitrogens is 2. The first kappa shape index (κ1) is 23.7. The van der Waals surface area contributed by atoms with Gasteiger partial charge in [-0.1, -0.05) is 20.8 Å². The van der Waals surface area contributed by atoms with Crippen LogP contribution in [0.1, 0.15) is 44.6 Å². The molecule has 0 aromatic carbocycles. The standard InChI is InChI=1S/C19H33N5O2.HI/c1-7-16-14(17(8-2)23(5)22-16)10-21-19(20-9-3)24-11-13(4)15(12-24)18(25)26-6;/h13,15H,7-12H2,1-6H3,(H,20,21);1H. The van der Waals surface area contributed by atoms with Crippen LogP contribution < -0.4 is 5.32 Å². The van der Waals surface area contributed by atoms with Crippen LogP contribution in [0.25, 0.3) is 0 Å². The lowest BCUT2D eigenvalue weighted by atomic mass is 9.99. The maximum absolute atomic E-state index is 12.0. The fourth-order valence-corrected chi connectivity index (χ4v) is 3.75. The van der Waals surface area contributed by atoms with Crippen LogP contribution in [0.15, 0.2) is 4.99 Å². The highest BCUT2D eigenvalue weighted by Crippen LogP contribution is 2.24. The van der Waals surface area contributed by atoms with Gasteiger partial charge in [0.25, 0.3) is 0 Å². The van der Waals surface area contributed by atoms with Crippen molar-refractivity contribution < 1.29 is 9.53 Å². The molecule has 1 saturated heterocycles. The highest BCUT2D eigenvalue weighted by atomic mass is 127. The Morgan fingerprint density at radius 3 is 2.56 bits per heavy atom. The summed E-state index contributed by atoms with van der Waals surface area (Å²) in [6, 6.07) is 0. The second-order valence-corrected chi connectivity index (χ2v) is 6.88. The molecule has 0 bridgehead atoms. The molecule has 1 N–H and O–H groups in total. The molecule has 0 amide bonds. The number of nitrogens with zero attached hydrogens (tertiary/aromatic N) is 4. The van der Waals surface area contributed by atoms with Crippen LogP contribution in [-0.2, 0) is 36.0 Å². The zero-order valence-electron chi connectivity index (χ0n) is 17.4. The third-order valence-electron chi connectivity index (χ3n) is 5.17. The van der Waals surface area contributed by atoms with Gasteiger partial charge in [0.2, 0.25) is 0 Å². The summed E-state index contributed by atoms with van der Waals surface area (Å²) in [7, 11) is 3.46. The lowest BCUT2D eigenvalue weighted by Gasteiger charge is -2.21. The molecule has 2 rings (SSSR count). The third-order valence-corrected chi connectivity index (χ3v) is 5.17. The number of esters is 1. The van der Waals surface area contributed by atoms with Crippen molar-refractivity contribution in [3.63, 3.8) is 0 Å². The Hall–Kier alpha value is -1.32. The molecule has 1 aliphatic heterocycles. The lowest BCUT2D eigenvalue weighted by molar-refractivity contribution is -0.145. The molecule has 1 aliphatic rings. The average molecular weight is 491 g/mol. The minimum Gasteiger partial charge on any atom is -0.469 e. The fourth-order valence-electron chi connectivity index (χ4n) is 3.75. The summed E-state index contributed by atoms with van der Waals surface area (Å²) in [6.45, 7) is 11.3. The van der Waals surface area contributed by atoms with Crippen molar-refractivity contribution >= 4 is 35.9 Å². The maximum Gasteiger partial charge on any atom is 0.310 e. The van der Waals surface area contributed by atoms with Crippen molar-refractivity contribution in [2.75, 3.05) is 26.7 Å². The van der Waals surface area contributed by atoms with Crippen LogP contribution in [0.4, 0.5) is 0 Å². The molecular weight excluding hydrogens is 457 g/mol. The van der Waals surface area contributed by atoms with Crippen LogP contribution in [0, 0.1) is 11.8 Å². The van der Waals surface area contributed by atoms with E-state index in [-0.39, 0.29) is 41.8 Å². The van der Waals surface area contributed by atoms with Gasteiger partial charge in [-0.3, -0.25) is 9.48 Å². The topological polar surface area (TPSA) is 71.8 Å². The summed E-state index contributed by atoms with van der Waals surface area (Å²) >= 11 is 0. The first-order chi connectivity index (χ1) is 12.5. The van der Waals surface area contributed by atoms with Gasteiger partial charge < -0.3 is 15.0 Å². The van der Waals surface area contributed by atoms with E-state index in [0.29, 0.717) is 13.1 Å². The van der Waals surface area contributed by atoms with Gasteiger partial charge in [-0.25, -0.2) is 4.99 Å². The smallest absolute Gasteiger partial charge is 0.310 e. The Morgan fingerprint density at radius 2 is 2.00 bits per heavy atom. The molecule has 154 valence electrons. The number of aryl methyl sites for hydroxylation is 2. The van der Waals surface area contributed by atoms with Gasteiger partial charge >= 0.3 is 5.97 Å². The van der Waals surface area contributed by atoms with Gasteiger partial charge in [0, 0.05) is 37.9 Å². The molecule has 7 nitrogen and oxygen atoms in total. The van der Waals surface area contributed by atoms with Gasteiger partial charge in [0.1, 0.15) is 0 Å². The van der Waals surface area contributed by atoms with E-state index in [9.17, 15) is 4.79 Å². The number of likely N-dealkylation sites (tertiary alicyclic amines) is 1. The number of carbonyl (C=O) groups is 1. The molecule has 0 spiro atoms. The first-order valence-corrected chi connectivity index (χ1v) is 9.61. The van der Waals surface area contributed by atoms with Crippen LogP contribution in [0.3, 0.4) is 0 Å². The Kier molecular flexibility index (Phi) is 9.55. The summed E-state index contributed by atoms with van der Waals surface area (Å²) in [4.78, 5) is 19.0. The molecule has 27 heavy (non-hydrogen) atoms. The van der Waals surface area contributed by atoms with E-state index < -0.39 is 0 Å². The van der Waals surface area contributed by atoms with Gasteiger partial charge in [-0.2, -0.15) is 5.10 Å². The predicted octanol–water partition coefficient (Wildman–Crippen LogP) is 2.37. The van der Waals surface area contributed by atoms with Gasteiger partial charge in [-0.15, -0.1) is 24.0 Å². The van der Waals surface area contributed by atoms with Crippen LogP contribution in [-0.4, -0.2) is 53.4 Å². The van der Waals surface area contributed by atoms with Gasteiger partial charge in [0.15, 0.2) is 5.96 Å². The molecule has 2 heterocycles. The van der Waals surface area contributed by atoms with E-state index in [1.165, 1.54) is 18.4 Å². The SMILES string of the molecule is CCNC(=NCc1c(CC)nn(C)c1CC)N1CC(C)C(C(=O)OC)C1.I. The third kappa shape index (κ3) is 5.36. The Bertz CT molecular complexity index is 659. The van der Waals surface area contributed by atoms with Crippen molar-refractivity contribution in [3.8, 4) is 0 Å². The number of guanidine groups is 1. The molecule has 0 aliphatic carbocycles. The molecule has 0 radical (unpaired) electrons. The number of hydrogen-bond acceptors (Lipinski definition) is 4. The number of carbonyl (C=O) groups excluding carboxylic acids is 1. The number of rotatable bonds is 6. The number of aliphatic imine (C=N–C) groups is 1. The maximum atomic E-state index is 12.0. The molecule has 1 aromatic heterocycles. The summed E-state index contributed by atoms with van der Waals surface area (Å²) < 4.78 is 6.92. The number of ether oxygens (including phenoxy) is 1. The zero-order valence-corrected chi connectivity index (χ0v) is 19.7. The van der Waals surface area contributed by atoms with E-state index >= 15 is 0 Å². The van der Waals surface area contributed by atoms with E-state index in [4.69, 9.17) is 9.73 Å². The molecule has 1 aromatic rings. The van der Waals surface area contributed by atoms with Crippen molar-refractivity contribution in [2.24, 2.45) is 23.9 Å². The predicted molar refractivity (Wildman–Crippen MR) is 118 cm³/mol. The Balaban J connectivity index is 0.00000364. The average Bonchev–Trinajstić information content (AvgIpc) is 3.17. The summed E-state index contributed by atoms with van der Waals surface area (Å²) in [5, 5.41) is 8.00. The Morgan fingerprint density at radius 1 is 1.30 bits per heavy atom. The number of nitrogens with one attached hydrogen (secondary N) is 1. The van der Waals surface area contributed by atoms with Crippen molar-refractivity contribution in [1.82, 2.24) is 20.0 Å². The zero-order chi connectivity index (χ0) is 19.3. The van der Waals surface area contributed by atoms with Gasteiger partial charge in [-0.05, 0) is 25.7 Å². The van der Waals surface area contributed by atoms with E-state index in [0.717, 1.165) is 37.6 Å². The highest BCUT2D eigenvalue weighted by molar-refractivity contribution is 14.0. The van der Waals surface area contributed by atoms with Crippen LogP contribution in [0.2, 0.25) is 0 Å². The monoisotopic (exact) mass is 491 g/mol. The second kappa shape index (κ2) is 10.9. The van der Waals surface area contributed by atoms with Crippen LogP contribution in [0.5, 0.6) is 0 Å². The molecule has 1 fully saturated rings. The lowest BCUT2D eigenvalue weighted by Crippen LogP contribution is -2.40. The molecule has 2 atom stereocenters. The normalized spacial score (nSPS) is 19.8. The largest absolute Gasteiger partial charge is 0.469 e. The van der Waals surface area contributed by atoms with Gasteiger partial charge in [0.05, 0.1) is 25.3 Å². The molecular formula is C19H34IN5O2. The van der Waals surface area contributed by atoms with Crippen molar-refractivity contribution in [2.45, 2.75) is 47.1 Å².